The third kappa shape index (κ3) is 5.69. The molecule has 2 aliphatic rings. The Bertz CT molecular complexity index is 327. The number of carbonyl (C=O) groups is 1. The van der Waals surface area contributed by atoms with E-state index in [2.05, 4.69) is 17.1 Å². The topological polar surface area (TPSA) is 44.8 Å². The molecule has 6 heteroatoms. The lowest BCUT2D eigenvalue weighted by Crippen LogP contribution is -2.53. The molecule has 2 saturated heterocycles. The minimum atomic E-state index is 0. The molecule has 1 amide bonds. The number of halogens is 1. The Labute approximate surface area is 141 Å². The van der Waals surface area contributed by atoms with Gasteiger partial charge in [0, 0.05) is 19.1 Å². The summed E-state index contributed by atoms with van der Waals surface area (Å²) in [6.07, 6.45) is 3.71. The predicted octanol–water partition coefficient (Wildman–Crippen LogP) is 1.51. The second kappa shape index (κ2) is 9.71. The zero-order valence-corrected chi connectivity index (χ0v) is 15.0. The number of amides is 1. The van der Waals surface area contributed by atoms with Crippen LogP contribution in [0, 0.1) is 0 Å². The normalized spacial score (nSPS) is 26.8. The number of carbonyl (C=O) groups excluding carboxylic acids is 1. The maximum atomic E-state index is 12.6. The summed E-state index contributed by atoms with van der Waals surface area (Å²) in [6.45, 7) is 11.5. The number of rotatable bonds is 5. The molecule has 2 fully saturated rings. The van der Waals surface area contributed by atoms with Gasteiger partial charge in [0.05, 0.1) is 18.8 Å². The molecule has 0 spiro atoms. The lowest BCUT2D eigenvalue weighted by molar-refractivity contribution is -0.145. The third-order valence-electron chi connectivity index (χ3n) is 4.45. The summed E-state index contributed by atoms with van der Waals surface area (Å²) in [5.41, 5.74) is 0. The van der Waals surface area contributed by atoms with Crippen molar-refractivity contribution in [3.63, 3.8) is 0 Å². The summed E-state index contributed by atoms with van der Waals surface area (Å²) in [5, 5.41) is 3.40. The van der Waals surface area contributed by atoms with E-state index in [0.717, 1.165) is 52.0 Å². The van der Waals surface area contributed by atoms with E-state index < -0.39 is 0 Å². The van der Waals surface area contributed by atoms with Gasteiger partial charge in [0.2, 0.25) is 5.91 Å². The largest absolute Gasteiger partial charge is 0.372 e. The van der Waals surface area contributed by atoms with Crippen molar-refractivity contribution in [2.24, 2.45) is 0 Å². The minimum absolute atomic E-state index is 0. The maximum absolute atomic E-state index is 12.6. The van der Waals surface area contributed by atoms with Crippen LogP contribution in [0.15, 0.2) is 0 Å². The molecule has 5 nitrogen and oxygen atoms in total. The Morgan fingerprint density at radius 1 is 1.23 bits per heavy atom. The summed E-state index contributed by atoms with van der Waals surface area (Å²) >= 11 is 0. The molecule has 0 aromatic rings. The van der Waals surface area contributed by atoms with E-state index in [4.69, 9.17) is 4.74 Å². The van der Waals surface area contributed by atoms with Gasteiger partial charge in [-0.2, -0.15) is 0 Å². The first kappa shape index (κ1) is 19.7. The van der Waals surface area contributed by atoms with Crippen molar-refractivity contribution in [2.75, 3.05) is 39.3 Å². The molecule has 0 aromatic heterocycles. The van der Waals surface area contributed by atoms with Crippen molar-refractivity contribution >= 4 is 18.3 Å². The van der Waals surface area contributed by atoms with Gasteiger partial charge in [-0.1, -0.05) is 6.92 Å². The van der Waals surface area contributed by atoms with Crippen molar-refractivity contribution in [3.8, 4) is 0 Å². The highest BCUT2D eigenvalue weighted by atomic mass is 35.5. The zero-order valence-electron chi connectivity index (χ0n) is 14.2. The van der Waals surface area contributed by atoms with Gasteiger partial charge in [0.15, 0.2) is 0 Å². The van der Waals surface area contributed by atoms with Crippen molar-refractivity contribution in [2.45, 2.75) is 58.3 Å². The minimum Gasteiger partial charge on any atom is -0.372 e. The van der Waals surface area contributed by atoms with E-state index in [0.29, 0.717) is 12.6 Å². The highest BCUT2D eigenvalue weighted by molar-refractivity contribution is 5.85. The molecule has 2 rings (SSSR count). The molecular weight excluding hydrogens is 302 g/mol. The van der Waals surface area contributed by atoms with Crippen LogP contribution >= 0.6 is 12.4 Å². The van der Waals surface area contributed by atoms with Gasteiger partial charge >= 0.3 is 0 Å². The van der Waals surface area contributed by atoms with E-state index >= 15 is 0 Å². The molecule has 130 valence electrons. The quantitative estimate of drug-likeness (QED) is 0.828. The first-order valence-electron chi connectivity index (χ1n) is 8.48. The summed E-state index contributed by atoms with van der Waals surface area (Å²) < 4.78 is 5.72. The maximum Gasteiger partial charge on any atom is 0.236 e. The molecule has 1 N–H and O–H groups in total. The molecule has 0 aromatic carbocycles. The molecule has 22 heavy (non-hydrogen) atoms. The van der Waals surface area contributed by atoms with E-state index in [1.165, 1.54) is 0 Å². The van der Waals surface area contributed by atoms with Crippen LogP contribution in [0.1, 0.15) is 40.0 Å². The standard InChI is InChI=1S/C16H31N3O2.ClH/c1-4-9-18(15-5-7-17-8-6-15)12-16(20)19-10-13(2)21-14(3)11-19;/h13-15,17H,4-12H2,1-3H3;1H. The average Bonchev–Trinajstić information content (AvgIpc) is 2.46. The second-order valence-electron chi connectivity index (χ2n) is 6.51. The number of nitrogens with one attached hydrogen (secondary N) is 1. The third-order valence-corrected chi connectivity index (χ3v) is 4.45. The Morgan fingerprint density at radius 2 is 1.82 bits per heavy atom. The van der Waals surface area contributed by atoms with Crippen LogP contribution in [0.2, 0.25) is 0 Å². The molecule has 0 radical (unpaired) electrons. The van der Waals surface area contributed by atoms with Gasteiger partial charge in [-0.25, -0.2) is 0 Å². The molecular formula is C16H32ClN3O2. The van der Waals surface area contributed by atoms with Crippen LogP contribution in [0.5, 0.6) is 0 Å². The van der Waals surface area contributed by atoms with Gasteiger partial charge in [-0.3, -0.25) is 9.69 Å². The van der Waals surface area contributed by atoms with E-state index in [9.17, 15) is 4.79 Å². The van der Waals surface area contributed by atoms with E-state index in [1.807, 2.05) is 18.7 Å². The summed E-state index contributed by atoms with van der Waals surface area (Å²) in [7, 11) is 0. The summed E-state index contributed by atoms with van der Waals surface area (Å²) in [4.78, 5) is 17.0. The van der Waals surface area contributed by atoms with Gasteiger partial charge in [0.1, 0.15) is 0 Å². The van der Waals surface area contributed by atoms with Crippen LogP contribution in [0.4, 0.5) is 0 Å². The van der Waals surface area contributed by atoms with E-state index in [1.54, 1.807) is 0 Å². The first-order chi connectivity index (χ1) is 10.1. The molecule has 0 saturated carbocycles. The van der Waals surface area contributed by atoms with Crippen molar-refractivity contribution < 1.29 is 9.53 Å². The number of ether oxygens (including phenoxy) is 1. The number of piperidine rings is 1. The Morgan fingerprint density at radius 3 is 2.36 bits per heavy atom. The summed E-state index contributed by atoms with van der Waals surface area (Å²) in [5.74, 6) is 0.268. The number of hydrogen-bond acceptors (Lipinski definition) is 4. The van der Waals surface area contributed by atoms with Gasteiger partial charge in [0.25, 0.3) is 0 Å². The van der Waals surface area contributed by atoms with Crippen LogP contribution in [-0.4, -0.2) is 73.2 Å². The lowest BCUT2D eigenvalue weighted by atomic mass is 10.0. The monoisotopic (exact) mass is 333 g/mol. The molecule has 2 unspecified atom stereocenters. The lowest BCUT2D eigenvalue weighted by Gasteiger charge is -2.38. The highest BCUT2D eigenvalue weighted by Gasteiger charge is 2.29. The Hall–Kier alpha value is -0.360. The van der Waals surface area contributed by atoms with Crippen LogP contribution in [-0.2, 0) is 9.53 Å². The molecule has 0 aliphatic carbocycles. The predicted molar refractivity (Wildman–Crippen MR) is 91.6 cm³/mol. The second-order valence-corrected chi connectivity index (χ2v) is 6.51. The van der Waals surface area contributed by atoms with Gasteiger partial charge < -0.3 is 15.0 Å². The number of nitrogens with zero attached hydrogens (tertiary/aromatic N) is 2. The molecule has 2 atom stereocenters. The zero-order chi connectivity index (χ0) is 15.2. The Balaban J connectivity index is 0.00000242. The van der Waals surface area contributed by atoms with Crippen molar-refractivity contribution in [1.29, 1.82) is 0 Å². The highest BCUT2D eigenvalue weighted by Crippen LogP contribution is 2.15. The molecule has 0 bridgehead atoms. The fraction of sp³-hybridized carbons (Fsp3) is 0.938. The van der Waals surface area contributed by atoms with Crippen LogP contribution in [0.25, 0.3) is 0 Å². The fourth-order valence-electron chi connectivity index (χ4n) is 3.51. The fourth-order valence-corrected chi connectivity index (χ4v) is 3.51. The van der Waals surface area contributed by atoms with Crippen molar-refractivity contribution in [1.82, 2.24) is 15.1 Å². The smallest absolute Gasteiger partial charge is 0.236 e. The average molecular weight is 334 g/mol. The SMILES string of the molecule is CCCN(CC(=O)N1CC(C)OC(C)C1)C1CCNCC1.Cl. The Kier molecular flexibility index (Phi) is 8.69. The van der Waals surface area contributed by atoms with Crippen molar-refractivity contribution in [3.05, 3.63) is 0 Å². The first-order valence-corrected chi connectivity index (χ1v) is 8.48. The molecule has 2 heterocycles. The molecule has 2 aliphatic heterocycles. The van der Waals surface area contributed by atoms with Crippen LogP contribution in [0.3, 0.4) is 0 Å². The summed E-state index contributed by atoms with van der Waals surface area (Å²) in [6, 6.07) is 0.561. The van der Waals surface area contributed by atoms with Gasteiger partial charge in [-0.15, -0.1) is 12.4 Å². The van der Waals surface area contributed by atoms with E-state index in [-0.39, 0.29) is 30.5 Å². The number of hydrogen-bond donors (Lipinski definition) is 1. The number of morpholine rings is 1. The van der Waals surface area contributed by atoms with Gasteiger partial charge in [-0.05, 0) is 52.7 Å². The van der Waals surface area contributed by atoms with Crippen LogP contribution < -0.4 is 5.32 Å².